The van der Waals surface area contributed by atoms with E-state index in [9.17, 15) is 8.78 Å². The molecular weight excluding hydrogens is 188 g/mol. The number of rotatable bonds is 2. The molecule has 1 aromatic rings. The van der Waals surface area contributed by atoms with E-state index in [0.29, 0.717) is 0 Å². The van der Waals surface area contributed by atoms with E-state index < -0.39 is 12.5 Å². The van der Waals surface area contributed by atoms with Gasteiger partial charge in [-0.25, -0.2) is 8.78 Å². The molecular formula is C7H6ClF2NO. The van der Waals surface area contributed by atoms with Crippen molar-refractivity contribution in [2.24, 2.45) is 0 Å². The Balaban J connectivity index is 2.88. The lowest BCUT2D eigenvalue weighted by atomic mass is 10.2. The quantitative estimate of drug-likeness (QED) is 0.780. The van der Waals surface area contributed by atoms with E-state index >= 15 is 0 Å². The van der Waals surface area contributed by atoms with Crippen LogP contribution in [0.3, 0.4) is 0 Å². The number of hydrogen-bond donors (Lipinski definition) is 1. The van der Waals surface area contributed by atoms with Gasteiger partial charge in [-0.05, 0) is 6.07 Å². The first-order valence-electron chi connectivity index (χ1n) is 3.18. The van der Waals surface area contributed by atoms with Crippen molar-refractivity contribution in [3.63, 3.8) is 0 Å². The van der Waals surface area contributed by atoms with Crippen molar-refractivity contribution in [3.8, 4) is 0 Å². The molecule has 0 aliphatic rings. The van der Waals surface area contributed by atoms with Crippen molar-refractivity contribution in [3.05, 3.63) is 29.0 Å². The number of nitrogens with zero attached hydrogens (tertiary/aromatic N) is 1. The van der Waals surface area contributed by atoms with Gasteiger partial charge in [0.05, 0.1) is 5.02 Å². The Morgan fingerprint density at radius 3 is 2.58 bits per heavy atom. The van der Waals surface area contributed by atoms with E-state index in [2.05, 4.69) is 4.98 Å². The maximum Gasteiger partial charge on any atom is 0.268 e. The Labute approximate surface area is 72.8 Å². The summed E-state index contributed by atoms with van der Waals surface area (Å²) in [6, 6.07) is 1.26. The SMILES string of the molecule is OC(c1cncc(Cl)c1)C(F)F. The molecule has 1 rings (SSSR count). The van der Waals surface area contributed by atoms with E-state index in [1.807, 2.05) is 0 Å². The maximum absolute atomic E-state index is 11.9. The zero-order chi connectivity index (χ0) is 9.14. The number of hydrogen-bond acceptors (Lipinski definition) is 2. The van der Waals surface area contributed by atoms with Crippen molar-refractivity contribution in [1.29, 1.82) is 0 Å². The lowest BCUT2D eigenvalue weighted by Gasteiger charge is -2.08. The zero-order valence-electron chi connectivity index (χ0n) is 5.92. The molecule has 5 heteroatoms. The van der Waals surface area contributed by atoms with Gasteiger partial charge < -0.3 is 5.11 Å². The molecule has 1 N–H and O–H groups in total. The number of aliphatic hydroxyl groups is 1. The Hall–Kier alpha value is -0.740. The normalized spacial score (nSPS) is 13.4. The van der Waals surface area contributed by atoms with Crippen LogP contribution in [-0.4, -0.2) is 16.5 Å². The molecule has 2 nitrogen and oxygen atoms in total. The summed E-state index contributed by atoms with van der Waals surface area (Å²) in [5.74, 6) is 0. The van der Waals surface area contributed by atoms with Gasteiger partial charge in [0, 0.05) is 18.0 Å². The fourth-order valence-electron chi connectivity index (χ4n) is 0.736. The molecule has 0 saturated carbocycles. The molecule has 0 aliphatic heterocycles. The van der Waals surface area contributed by atoms with Gasteiger partial charge >= 0.3 is 0 Å². The average molecular weight is 194 g/mol. The van der Waals surface area contributed by atoms with Crippen LogP contribution in [0.1, 0.15) is 11.7 Å². The molecule has 0 spiro atoms. The van der Waals surface area contributed by atoms with Crippen LogP contribution in [0, 0.1) is 0 Å². The highest BCUT2D eigenvalue weighted by Gasteiger charge is 2.19. The average Bonchev–Trinajstić information content (AvgIpc) is 2.03. The first kappa shape index (κ1) is 9.35. The van der Waals surface area contributed by atoms with Gasteiger partial charge in [0.2, 0.25) is 0 Å². The molecule has 1 atom stereocenters. The highest BCUT2D eigenvalue weighted by atomic mass is 35.5. The number of halogens is 3. The molecule has 66 valence electrons. The minimum absolute atomic E-state index is 0.0255. The van der Waals surface area contributed by atoms with Crippen molar-refractivity contribution in [2.45, 2.75) is 12.5 Å². The van der Waals surface area contributed by atoms with Gasteiger partial charge in [0.25, 0.3) is 6.43 Å². The summed E-state index contributed by atoms with van der Waals surface area (Å²) in [4.78, 5) is 3.56. The number of aliphatic hydroxyl groups excluding tert-OH is 1. The van der Waals surface area contributed by atoms with Gasteiger partial charge in [0.1, 0.15) is 6.10 Å². The third-order valence-corrected chi connectivity index (χ3v) is 1.51. The van der Waals surface area contributed by atoms with Crippen LogP contribution in [0.4, 0.5) is 8.78 Å². The summed E-state index contributed by atoms with van der Waals surface area (Å²) in [6.45, 7) is 0. The fraction of sp³-hybridized carbons (Fsp3) is 0.286. The van der Waals surface area contributed by atoms with Crippen molar-refractivity contribution >= 4 is 11.6 Å². The Bertz CT molecular complexity index is 269. The van der Waals surface area contributed by atoms with Crippen molar-refractivity contribution < 1.29 is 13.9 Å². The summed E-state index contributed by atoms with van der Waals surface area (Å²) in [7, 11) is 0. The molecule has 0 aromatic carbocycles. The van der Waals surface area contributed by atoms with E-state index in [1.54, 1.807) is 0 Å². The summed E-state index contributed by atoms with van der Waals surface area (Å²) in [6.07, 6.45) is -2.16. The van der Waals surface area contributed by atoms with Crippen LogP contribution >= 0.6 is 11.6 Å². The third-order valence-electron chi connectivity index (χ3n) is 1.31. The molecule has 0 fully saturated rings. The van der Waals surface area contributed by atoms with Gasteiger partial charge in [-0.15, -0.1) is 0 Å². The highest BCUT2D eigenvalue weighted by molar-refractivity contribution is 6.30. The maximum atomic E-state index is 11.9. The predicted octanol–water partition coefficient (Wildman–Crippen LogP) is 2.03. The summed E-state index contributed by atoms with van der Waals surface area (Å²) >= 11 is 5.48. The van der Waals surface area contributed by atoms with Gasteiger partial charge in [-0.1, -0.05) is 11.6 Å². The van der Waals surface area contributed by atoms with Crippen molar-refractivity contribution in [1.82, 2.24) is 4.98 Å². The standard InChI is InChI=1S/C7H6ClF2NO/c8-5-1-4(2-11-3-5)6(12)7(9)10/h1-3,6-7,12H. The number of alkyl halides is 2. The minimum Gasteiger partial charge on any atom is -0.382 e. The molecule has 0 bridgehead atoms. The molecule has 0 saturated heterocycles. The molecule has 1 aromatic heterocycles. The fourth-order valence-corrected chi connectivity index (χ4v) is 0.918. The second kappa shape index (κ2) is 3.78. The van der Waals surface area contributed by atoms with Gasteiger partial charge in [0.15, 0.2) is 0 Å². The topological polar surface area (TPSA) is 33.1 Å². The largest absolute Gasteiger partial charge is 0.382 e. The van der Waals surface area contributed by atoms with Crippen LogP contribution in [0.2, 0.25) is 5.02 Å². The number of pyridine rings is 1. The second-order valence-corrected chi connectivity index (χ2v) is 2.65. The number of aromatic nitrogens is 1. The molecule has 0 radical (unpaired) electrons. The van der Waals surface area contributed by atoms with E-state index in [0.717, 1.165) is 6.20 Å². The first-order chi connectivity index (χ1) is 5.61. The van der Waals surface area contributed by atoms with E-state index in [1.165, 1.54) is 12.3 Å². The molecule has 0 aliphatic carbocycles. The first-order valence-corrected chi connectivity index (χ1v) is 3.55. The smallest absolute Gasteiger partial charge is 0.268 e. The van der Waals surface area contributed by atoms with Gasteiger partial charge in [-0.2, -0.15) is 0 Å². The highest BCUT2D eigenvalue weighted by Crippen LogP contribution is 2.21. The Morgan fingerprint density at radius 1 is 1.42 bits per heavy atom. The summed E-state index contributed by atoms with van der Waals surface area (Å²) < 4.78 is 23.8. The van der Waals surface area contributed by atoms with Crippen LogP contribution in [0.5, 0.6) is 0 Å². The van der Waals surface area contributed by atoms with Crippen LogP contribution in [0.15, 0.2) is 18.5 Å². The Kier molecular flexibility index (Phi) is 2.94. The molecule has 1 unspecified atom stereocenters. The zero-order valence-corrected chi connectivity index (χ0v) is 6.67. The van der Waals surface area contributed by atoms with Crippen LogP contribution in [0.25, 0.3) is 0 Å². The van der Waals surface area contributed by atoms with E-state index in [-0.39, 0.29) is 10.6 Å². The lowest BCUT2D eigenvalue weighted by molar-refractivity contribution is -0.00595. The summed E-state index contributed by atoms with van der Waals surface area (Å²) in [5, 5.41) is 9.10. The Morgan fingerprint density at radius 2 is 2.08 bits per heavy atom. The monoisotopic (exact) mass is 193 g/mol. The van der Waals surface area contributed by atoms with Gasteiger partial charge in [-0.3, -0.25) is 4.98 Å². The van der Waals surface area contributed by atoms with Crippen molar-refractivity contribution in [2.75, 3.05) is 0 Å². The third kappa shape index (κ3) is 2.12. The molecule has 1 heterocycles. The summed E-state index contributed by atoms with van der Waals surface area (Å²) in [5.41, 5.74) is 0.0255. The second-order valence-electron chi connectivity index (χ2n) is 2.22. The molecule has 0 amide bonds. The molecule has 12 heavy (non-hydrogen) atoms. The van der Waals surface area contributed by atoms with Crippen LogP contribution in [-0.2, 0) is 0 Å². The predicted molar refractivity (Wildman–Crippen MR) is 40.2 cm³/mol. The van der Waals surface area contributed by atoms with E-state index in [4.69, 9.17) is 16.7 Å². The van der Waals surface area contributed by atoms with Crippen LogP contribution < -0.4 is 0 Å². The lowest BCUT2D eigenvalue weighted by Crippen LogP contribution is -2.07. The minimum atomic E-state index is -2.81.